The van der Waals surface area contributed by atoms with E-state index in [1.807, 2.05) is 20.8 Å². The number of anilines is 1. The lowest BCUT2D eigenvalue weighted by Crippen LogP contribution is -2.47. The summed E-state index contributed by atoms with van der Waals surface area (Å²) < 4.78 is 0. The number of carbonyl (C=O) groups is 2. The van der Waals surface area contributed by atoms with Gasteiger partial charge >= 0.3 is 0 Å². The van der Waals surface area contributed by atoms with Crippen LogP contribution >= 0.6 is 0 Å². The van der Waals surface area contributed by atoms with Crippen molar-refractivity contribution in [2.75, 3.05) is 12.3 Å². The van der Waals surface area contributed by atoms with Crippen molar-refractivity contribution in [3.8, 4) is 0 Å². The van der Waals surface area contributed by atoms with Crippen molar-refractivity contribution in [2.24, 2.45) is 0 Å². The van der Waals surface area contributed by atoms with Gasteiger partial charge in [0.15, 0.2) is 0 Å². The van der Waals surface area contributed by atoms with Gasteiger partial charge in [0.1, 0.15) is 5.82 Å². The van der Waals surface area contributed by atoms with E-state index in [0.29, 0.717) is 36.5 Å². The van der Waals surface area contributed by atoms with E-state index in [1.54, 1.807) is 24.4 Å². The van der Waals surface area contributed by atoms with Gasteiger partial charge in [0.2, 0.25) is 5.91 Å². The first-order chi connectivity index (χ1) is 14.8. The number of H-pyrrole nitrogens is 1. The van der Waals surface area contributed by atoms with Crippen molar-refractivity contribution in [1.29, 1.82) is 0 Å². The number of hydrogen-bond acceptors (Lipinski definition) is 6. The average Bonchev–Trinajstić information content (AvgIpc) is 2.71. The fraction of sp³-hybridized carbons (Fsp3) is 0.364. The first kappa shape index (κ1) is 22.2. The minimum Gasteiger partial charge on any atom is -0.384 e. The van der Waals surface area contributed by atoms with Gasteiger partial charge < -0.3 is 16.0 Å². The third-order valence-electron chi connectivity index (χ3n) is 5.46. The highest BCUT2D eigenvalue weighted by Crippen LogP contribution is 2.21. The van der Waals surface area contributed by atoms with E-state index in [-0.39, 0.29) is 30.3 Å². The molecule has 3 heterocycles. The van der Waals surface area contributed by atoms with Crippen molar-refractivity contribution >= 4 is 17.6 Å². The van der Waals surface area contributed by atoms with Crippen LogP contribution in [0.1, 0.15) is 42.1 Å². The molecule has 0 atom stereocenters. The largest absolute Gasteiger partial charge is 0.384 e. The lowest BCUT2D eigenvalue weighted by atomic mass is 9.98. The van der Waals surface area contributed by atoms with Gasteiger partial charge in [0.05, 0.1) is 6.42 Å². The van der Waals surface area contributed by atoms with Crippen molar-refractivity contribution in [1.82, 2.24) is 25.7 Å². The van der Waals surface area contributed by atoms with E-state index in [2.05, 4.69) is 20.7 Å². The molecule has 1 aliphatic rings. The third kappa shape index (κ3) is 5.37. The van der Waals surface area contributed by atoms with Crippen LogP contribution in [-0.4, -0.2) is 33.3 Å². The lowest BCUT2D eigenvalue weighted by Gasteiger charge is -2.30. The molecule has 2 aromatic rings. The zero-order valence-corrected chi connectivity index (χ0v) is 18.0. The SMILES string of the molecule is CC1=C(CC(=O)NCc2c(C)cc(N)nc2C)C(=O)N(NCc2ccc[nH]c2=O)CC1. The molecule has 9 nitrogen and oxygen atoms in total. The normalized spacial score (nSPS) is 14.2. The molecule has 0 radical (unpaired) electrons. The molecule has 0 saturated carbocycles. The number of nitrogens with zero attached hydrogens (tertiary/aromatic N) is 2. The standard InChI is InChI=1S/C22H28N6O3/c1-13-6-8-28(26-11-16-5-4-7-24-21(16)30)22(31)17(13)10-20(29)25-12-18-14(2)9-19(23)27-15(18)3/h4-5,7,9,26H,6,8,10-12H2,1-3H3,(H2,23,27)(H,24,30)(H,25,29). The Bertz CT molecular complexity index is 1070. The summed E-state index contributed by atoms with van der Waals surface area (Å²) in [5.41, 5.74) is 13.1. The Morgan fingerprint density at radius 1 is 1.26 bits per heavy atom. The summed E-state index contributed by atoms with van der Waals surface area (Å²) in [5, 5.41) is 4.35. The summed E-state index contributed by atoms with van der Waals surface area (Å²) in [7, 11) is 0. The number of amides is 2. The minimum absolute atomic E-state index is 0.00470. The van der Waals surface area contributed by atoms with Crippen molar-refractivity contribution in [3.05, 3.63) is 68.3 Å². The molecule has 2 amide bonds. The van der Waals surface area contributed by atoms with Gasteiger partial charge in [0, 0.05) is 42.7 Å². The maximum absolute atomic E-state index is 12.9. The van der Waals surface area contributed by atoms with Crippen molar-refractivity contribution in [2.45, 2.75) is 46.7 Å². The maximum atomic E-state index is 12.9. The van der Waals surface area contributed by atoms with Crippen LogP contribution in [0, 0.1) is 13.8 Å². The highest BCUT2D eigenvalue weighted by atomic mass is 16.2. The number of aromatic nitrogens is 2. The van der Waals surface area contributed by atoms with Gasteiger partial charge in [-0.1, -0.05) is 11.6 Å². The molecular weight excluding hydrogens is 396 g/mol. The summed E-state index contributed by atoms with van der Waals surface area (Å²) in [4.78, 5) is 44.1. The topological polar surface area (TPSA) is 133 Å². The van der Waals surface area contributed by atoms with E-state index in [4.69, 9.17) is 5.73 Å². The van der Waals surface area contributed by atoms with Gasteiger partial charge in [-0.3, -0.25) is 19.4 Å². The number of nitrogens with one attached hydrogen (secondary N) is 3. The Morgan fingerprint density at radius 3 is 2.74 bits per heavy atom. The monoisotopic (exact) mass is 424 g/mol. The smallest absolute Gasteiger partial charge is 0.264 e. The number of nitrogens with two attached hydrogens (primary N) is 1. The summed E-state index contributed by atoms with van der Waals surface area (Å²) in [6, 6.07) is 5.20. The molecule has 0 saturated heterocycles. The average molecular weight is 425 g/mol. The van der Waals surface area contributed by atoms with E-state index < -0.39 is 0 Å². The predicted octanol–water partition coefficient (Wildman–Crippen LogP) is 1.23. The molecule has 2 aromatic heterocycles. The second kappa shape index (κ2) is 9.57. The molecule has 9 heteroatoms. The van der Waals surface area contributed by atoms with Crippen LogP contribution in [0.25, 0.3) is 0 Å². The quantitative estimate of drug-likeness (QED) is 0.528. The number of rotatable bonds is 7. The second-order valence-electron chi connectivity index (χ2n) is 7.71. The maximum Gasteiger partial charge on any atom is 0.264 e. The fourth-order valence-corrected chi connectivity index (χ4v) is 3.60. The molecular formula is C22H28N6O3. The summed E-state index contributed by atoms with van der Waals surface area (Å²) in [6.07, 6.45) is 2.21. The number of pyridine rings is 2. The molecule has 1 aliphatic heterocycles. The van der Waals surface area contributed by atoms with Crippen LogP contribution in [0.2, 0.25) is 0 Å². The molecule has 164 valence electrons. The number of hydrogen-bond donors (Lipinski definition) is 4. The fourth-order valence-electron chi connectivity index (χ4n) is 3.60. The van der Waals surface area contributed by atoms with Gasteiger partial charge in [-0.25, -0.2) is 10.4 Å². The molecule has 0 bridgehead atoms. The third-order valence-corrected chi connectivity index (χ3v) is 5.46. The Kier molecular flexibility index (Phi) is 6.86. The first-order valence-corrected chi connectivity index (χ1v) is 10.2. The van der Waals surface area contributed by atoms with Crippen molar-refractivity contribution < 1.29 is 9.59 Å². The van der Waals surface area contributed by atoms with Crippen molar-refractivity contribution in [3.63, 3.8) is 0 Å². The van der Waals surface area contributed by atoms with Crippen LogP contribution in [0.5, 0.6) is 0 Å². The molecule has 31 heavy (non-hydrogen) atoms. The Morgan fingerprint density at radius 2 is 2.03 bits per heavy atom. The van der Waals surface area contributed by atoms with Gasteiger partial charge in [-0.2, -0.15) is 0 Å². The van der Waals surface area contributed by atoms with Gasteiger partial charge in [0.25, 0.3) is 11.5 Å². The highest BCUT2D eigenvalue weighted by molar-refractivity contribution is 5.99. The number of aromatic amines is 1. The first-order valence-electron chi connectivity index (χ1n) is 10.2. The van der Waals surface area contributed by atoms with Crippen LogP contribution in [0.4, 0.5) is 5.82 Å². The lowest BCUT2D eigenvalue weighted by molar-refractivity contribution is -0.132. The number of hydrazine groups is 1. The summed E-state index contributed by atoms with van der Waals surface area (Å²) in [6.45, 7) is 6.68. The second-order valence-corrected chi connectivity index (χ2v) is 7.71. The zero-order valence-electron chi connectivity index (χ0n) is 18.0. The number of carbonyl (C=O) groups excluding carboxylic acids is 2. The minimum atomic E-state index is -0.243. The highest BCUT2D eigenvalue weighted by Gasteiger charge is 2.27. The van der Waals surface area contributed by atoms with Crippen LogP contribution in [0.3, 0.4) is 0 Å². The van der Waals surface area contributed by atoms with Gasteiger partial charge in [-0.15, -0.1) is 0 Å². The predicted molar refractivity (Wildman–Crippen MR) is 118 cm³/mol. The van der Waals surface area contributed by atoms with E-state index in [9.17, 15) is 14.4 Å². The Balaban J connectivity index is 1.61. The summed E-state index contributed by atoms with van der Waals surface area (Å²) in [5.74, 6) is -0.0313. The molecule has 0 aliphatic carbocycles. The molecule has 0 aromatic carbocycles. The van der Waals surface area contributed by atoms with E-state index in [1.165, 1.54) is 5.01 Å². The van der Waals surface area contributed by atoms with Gasteiger partial charge in [-0.05, 0) is 50.5 Å². The molecule has 0 spiro atoms. The molecule has 5 N–H and O–H groups in total. The summed E-state index contributed by atoms with van der Waals surface area (Å²) >= 11 is 0. The number of nitrogen functional groups attached to an aromatic ring is 1. The zero-order chi connectivity index (χ0) is 22.5. The number of aryl methyl sites for hydroxylation is 2. The van der Waals surface area contributed by atoms with E-state index >= 15 is 0 Å². The van der Waals surface area contributed by atoms with Crippen LogP contribution in [-0.2, 0) is 22.7 Å². The Labute approximate surface area is 180 Å². The molecule has 0 unspecified atom stereocenters. The van der Waals surface area contributed by atoms with Crippen LogP contribution in [0.15, 0.2) is 40.3 Å². The molecule has 0 fully saturated rings. The molecule has 3 rings (SSSR count). The van der Waals surface area contributed by atoms with Crippen LogP contribution < -0.4 is 22.0 Å². The van der Waals surface area contributed by atoms with E-state index in [0.717, 1.165) is 22.4 Å². The Hall–Kier alpha value is -3.46.